The maximum atomic E-state index is 3.25. The first-order chi connectivity index (χ1) is 4.41. The molecule has 0 aromatic heterocycles. The van der Waals surface area contributed by atoms with Crippen molar-refractivity contribution < 1.29 is 42.1 Å². The van der Waals surface area contributed by atoms with E-state index in [1.165, 1.54) is 12.8 Å². The van der Waals surface area contributed by atoms with Crippen LogP contribution in [0.3, 0.4) is 0 Å². The van der Waals surface area contributed by atoms with Crippen LogP contribution in [0.25, 0.3) is 0 Å². The molecule has 0 N–H and O–H groups in total. The van der Waals surface area contributed by atoms with E-state index >= 15 is 0 Å². The van der Waals surface area contributed by atoms with Gasteiger partial charge in [0.05, 0.1) is 0 Å². The minimum absolute atomic E-state index is 0. The van der Waals surface area contributed by atoms with Gasteiger partial charge in [0, 0.05) is 21.1 Å². The Balaban J connectivity index is -0.00000000113. The maximum absolute atomic E-state index is 3.25. The van der Waals surface area contributed by atoms with Gasteiger partial charge in [0.25, 0.3) is 0 Å². The summed E-state index contributed by atoms with van der Waals surface area (Å²) in [5.74, 6) is 0. The fourth-order valence-corrected chi connectivity index (χ4v) is 0.289. The first kappa shape index (κ1) is 277. The molecule has 0 atom stereocenters. The molecule has 0 heterocycles. The largest absolute Gasteiger partial charge is 2.00 e. The normalized spacial score (nSPS) is 2.25. The van der Waals surface area contributed by atoms with Crippen molar-refractivity contribution in [2.24, 2.45) is 0 Å². The SMILES string of the molecule is C.C.C.C.C.C.C.C.C.C.C.C.C.CC[CH-]CC.[CH2-]C.[CH2-]C.[W+2].[W]. The molecule has 0 aliphatic heterocycles. The molecule has 0 saturated carbocycles. The van der Waals surface area contributed by atoms with Crippen molar-refractivity contribution in [3.05, 3.63) is 20.3 Å². The van der Waals surface area contributed by atoms with Gasteiger partial charge >= 0.3 is 21.1 Å². The monoisotopic (exact) mass is 705 g/mol. The van der Waals surface area contributed by atoms with E-state index in [4.69, 9.17) is 0 Å². The summed E-state index contributed by atoms with van der Waals surface area (Å²) in [6, 6.07) is 0. The van der Waals surface area contributed by atoms with E-state index in [2.05, 4.69) is 34.1 Å². The van der Waals surface area contributed by atoms with Crippen LogP contribution in [0.1, 0.15) is 137 Å². The van der Waals surface area contributed by atoms with Crippen molar-refractivity contribution >= 4 is 0 Å². The van der Waals surface area contributed by atoms with Crippen LogP contribution in [0.15, 0.2) is 0 Å². The summed E-state index contributed by atoms with van der Waals surface area (Å²) in [6.45, 7) is 14.3. The zero-order chi connectivity index (χ0) is 8.12. The van der Waals surface area contributed by atoms with E-state index in [0.29, 0.717) is 0 Å². The minimum atomic E-state index is 0. The average molecular weight is 706 g/mol. The second-order valence-electron chi connectivity index (χ2n) is 1.11. The summed E-state index contributed by atoms with van der Waals surface area (Å²) >= 11 is 0. The summed E-state index contributed by atoms with van der Waals surface area (Å²) in [6.07, 6.45) is 4.69. The third-order valence-electron chi connectivity index (χ3n) is 0.577. The molecule has 0 aromatic carbocycles. The van der Waals surface area contributed by atoms with Crippen LogP contribution in [0, 0.1) is 20.3 Å². The molecular weight excluding hydrogens is 632 g/mol. The zero-order valence-corrected chi connectivity index (χ0v) is 14.1. The molecule has 2 heteroatoms. The molecule has 0 amide bonds. The van der Waals surface area contributed by atoms with Gasteiger partial charge in [-0.05, 0) is 0 Å². The van der Waals surface area contributed by atoms with Crippen LogP contribution < -0.4 is 0 Å². The molecular formula is C22H73W2-. The van der Waals surface area contributed by atoms with Gasteiger partial charge in [0.1, 0.15) is 0 Å². The van der Waals surface area contributed by atoms with E-state index in [1.807, 2.05) is 0 Å². The molecule has 0 saturated heterocycles. The van der Waals surface area contributed by atoms with Gasteiger partial charge in [-0.15, -0.1) is 0 Å². The summed E-state index contributed by atoms with van der Waals surface area (Å²) in [5, 5.41) is 0. The van der Waals surface area contributed by atoms with Crippen molar-refractivity contribution in [2.75, 3.05) is 0 Å². The molecule has 0 fully saturated rings. The fourth-order valence-electron chi connectivity index (χ4n) is 0.289. The van der Waals surface area contributed by atoms with E-state index in [9.17, 15) is 0 Å². The molecule has 0 unspecified atom stereocenters. The quantitative estimate of drug-likeness (QED) is 0.251. The Hall–Kier alpha value is 1.38. The van der Waals surface area contributed by atoms with Crippen LogP contribution in [0.4, 0.5) is 0 Å². The summed E-state index contributed by atoms with van der Waals surface area (Å²) in [5.41, 5.74) is 0. The minimum Gasteiger partial charge on any atom is -0.346 e. The van der Waals surface area contributed by atoms with Gasteiger partial charge in [-0.3, -0.25) is 0 Å². The van der Waals surface area contributed by atoms with Crippen LogP contribution in [-0.2, 0) is 42.1 Å². The van der Waals surface area contributed by atoms with E-state index in [-0.39, 0.29) is 139 Å². The first-order valence-corrected chi connectivity index (χ1v) is 3.64. The third kappa shape index (κ3) is 1030. The number of unbranched alkanes of at least 4 members (excludes halogenated alkanes) is 2. The molecule has 0 aliphatic rings. The van der Waals surface area contributed by atoms with Crippen molar-refractivity contribution in [1.29, 1.82) is 0 Å². The Bertz CT molecular complexity index is 17.4. The van der Waals surface area contributed by atoms with Gasteiger partial charge in [0.2, 0.25) is 0 Å². The van der Waals surface area contributed by atoms with E-state index in [0.717, 1.165) is 0 Å². The predicted octanol–water partition coefficient (Wildman–Crippen LogP) is 12.0. The average Bonchev–Trinajstić information content (AvgIpc) is 1.98. The maximum Gasteiger partial charge on any atom is 2.00 e. The Morgan fingerprint density at radius 3 is 0.542 bits per heavy atom. The number of hydrogen-bond donors (Lipinski definition) is 0. The zero-order valence-electron chi connectivity index (χ0n) is 8.22. The smallest absolute Gasteiger partial charge is 0.346 e. The molecule has 0 bridgehead atoms. The topological polar surface area (TPSA) is 0 Å². The van der Waals surface area contributed by atoms with Crippen molar-refractivity contribution in [3.63, 3.8) is 0 Å². The predicted molar refractivity (Wildman–Crippen MR) is 134 cm³/mol. The van der Waals surface area contributed by atoms with Gasteiger partial charge in [-0.25, -0.2) is 0 Å². The van der Waals surface area contributed by atoms with E-state index in [1.54, 1.807) is 13.8 Å². The Morgan fingerprint density at radius 2 is 0.542 bits per heavy atom. The molecule has 0 spiro atoms. The molecule has 0 aromatic rings. The second kappa shape index (κ2) is 695. The first-order valence-electron chi connectivity index (χ1n) is 3.64. The molecule has 0 aliphatic carbocycles. The van der Waals surface area contributed by atoms with Crippen LogP contribution >= 0.6 is 0 Å². The summed E-state index contributed by atoms with van der Waals surface area (Å²) in [7, 11) is 0. The molecule has 0 radical (unpaired) electrons. The summed E-state index contributed by atoms with van der Waals surface area (Å²) in [4.78, 5) is 0. The molecule has 0 nitrogen and oxygen atoms in total. The molecule has 24 heavy (non-hydrogen) atoms. The van der Waals surface area contributed by atoms with Gasteiger partial charge < -0.3 is 20.3 Å². The van der Waals surface area contributed by atoms with Crippen LogP contribution in [0.2, 0.25) is 0 Å². The van der Waals surface area contributed by atoms with Gasteiger partial charge in [-0.2, -0.15) is 26.7 Å². The van der Waals surface area contributed by atoms with Gasteiger partial charge in [0.15, 0.2) is 0 Å². The Morgan fingerprint density at radius 1 is 0.458 bits per heavy atom. The Kier molecular flexibility index (Phi) is 8030. The van der Waals surface area contributed by atoms with Crippen molar-refractivity contribution in [3.8, 4) is 0 Å². The van der Waals surface area contributed by atoms with Gasteiger partial charge in [-0.1, -0.05) is 110 Å². The van der Waals surface area contributed by atoms with Crippen molar-refractivity contribution in [2.45, 2.75) is 137 Å². The number of hydrogen-bond acceptors (Lipinski definition) is 0. The second-order valence-corrected chi connectivity index (χ2v) is 1.11. The molecule has 174 valence electrons. The Labute approximate surface area is 198 Å². The fraction of sp³-hybridized carbons (Fsp3) is 0.864. The van der Waals surface area contributed by atoms with Crippen LogP contribution in [0.5, 0.6) is 0 Å². The molecule has 0 rings (SSSR count). The summed E-state index contributed by atoms with van der Waals surface area (Å²) < 4.78 is 0. The van der Waals surface area contributed by atoms with Crippen LogP contribution in [-0.4, -0.2) is 0 Å². The van der Waals surface area contributed by atoms with Crippen molar-refractivity contribution in [1.82, 2.24) is 0 Å². The number of rotatable bonds is 2. The standard InChI is InChI=1S/C5H11.2C2H5.13CH4.2W/c1-3-5-4-2;2*1-2;;;;;;;;;;;;;;;/h5H,3-4H2,1-2H3;2*1H2,2H3;13*1H4;;/q3*-1;;;;;;;;;;;;;;;+2. The third-order valence-corrected chi connectivity index (χ3v) is 0.577. The van der Waals surface area contributed by atoms with E-state index < -0.39 is 0 Å².